The molecule has 0 atom stereocenters. The second kappa shape index (κ2) is 7.59. The molecule has 3 N–H and O–H groups in total. The number of nitrogens with one attached hydrogen (secondary N) is 1. The predicted octanol–water partition coefficient (Wildman–Crippen LogP) is 1.36. The van der Waals surface area contributed by atoms with Crippen LogP contribution < -0.4 is 11.1 Å². The van der Waals surface area contributed by atoms with E-state index in [1.165, 1.54) is 31.7 Å². The largest absolute Gasteiger partial charge is 0.382 e. The zero-order valence-electron chi connectivity index (χ0n) is 13.9. The lowest BCUT2D eigenvalue weighted by Crippen LogP contribution is -2.46. The van der Waals surface area contributed by atoms with E-state index in [0.29, 0.717) is 32.0 Å². The lowest BCUT2D eigenvalue weighted by Gasteiger charge is -2.32. The highest BCUT2D eigenvalue weighted by Crippen LogP contribution is 2.22. The number of hydrogen-bond donors (Lipinski definition) is 2. The van der Waals surface area contributed by atoms with Crippen LogP contribution in [0.1, 0.15) is 55.4 Å². The number of hydrogen-bond acceptors (Lipinski definition) is 5. The lowest BCUT2D eigenvalue weighted by molar-refractivity contribution is -0.127. The smallest absolute Gasteiger partial charge is 0.276 e. The van der Waals surface area contributed by atoms with Gasteiger partial charge in [-0.15, -0.1) is 0 Å². The first kappa shape index (κ1) is 16.7. The van der Waals surface area contributed by atoms with Crippen LogP contribution in [0.25, 0.3) is 0 Å². The molecule has 1 saturated carbocycles. The quantitative estimate of drug-likeness (QED) is 0.871. The van der Waals surface area contributed by atoms with Gasteiger partial charge in [0.25, 0.3) is 5.91 Å². The van der Waals surface area contributed by atoms with Gasteiger partial charge in [-0.05, 0) is 25.7 Å². The fraction of sp³-hybridized carbons (Fsp3) is 0.647. The number of likely N-dealkylation sites (tertiary alicyclic amines) is 1. The molecule has 7 heteroatoms. The third kappa shape index (κ3) is 3.83. The minimum Gasteiger partial charge on any atom is -0.382 e. The Morgan fingerprint density at radius 3 is 2.38 bits per heavy atom. The van der Waals surface area contributed by atoms with Gasteiger partial charge in [-0.25, -0.2) is 9.97 Å². The Kier molecular flexibility index (Phi) is 5.27. The molecule has 3 rings (SSSR count). The van der Waals surface area contributed by atoms with Gasteiger partial charge in [0.05, 0.1) is 0 Å². The van der Waals surface area contributed by atoms with E-state index in [2.05, 4.69) is 15.3 Å². The highest BCUT2D eigenvalue weighted by molar-refractivity contribution is 5.96. The van der Waals surface area contributed by atoms with Crippen molar-refractivity contribution in [1.29, 1.82) is 0 Å². The van der Waals surface area contributed by atoms with Gasteiger partial charge in [0, 0.05) is 37.4 Å². The Hall–Kier alpha value is -2.18. The van der Waals surface area contributed by atoms with E-state index in [-0.39, 0.29) is 29.2 Å². The molecule has 7 nitrogen and oxygen atoms in total. The van der Waals surface area contributed by atoms with Crippen LogP contribution in [0.4, 0.5) is 5.82 Å². The summed E-state index contributed by atoms with van der Waals surface area (Å²) in [7, 11) is 0. The average molecular weight is 331 g/mol. The first-order valence-corrected chi connectivity index (χ1v) is 8.81. The monoisotopic (exact) mass is 331 g/mol. The number of amides is 2. The molecule has 24 heavy (non-hydrogen) atoms. The Morgan fingerprint density at radius 2 is 1.71 bits per heavy atom. The molecule has 2 fully saturated rings. The van der Waals surface area contributed by atoms with Crippen molar-refractivity contribution in [3.63, 3.8) is 0 Å². The van der Waals surface area contributed by atoms with E-state index in [1.54, 1.807) is 4.90 Å². The van der Waals surface area contributed by atoms with Crippen molar-refractivity contribution in [2.75, 3.05) is 18.8 Å². The van der Waals surface area contributed by atoms with Gasteiger partial charge in [0.2, 0.25) is 5.91 Å². The third-order valence-corrected chi connectivity index (χ3v) is 5.03. The summed E-state index contributed by atoms with van der Waals surface area (Å²) in [6.07, 6.45) is 10.2. The normalized spacial score (nSPS) is 19.9. The fourth-order valence-corrected chi connectivity index (χ4v) is 3.57. The summed E-state index contributed by atoms with van der Waals surface area (Å²) in [5.74, 6) is 0.0922. The Bertz CT molecular complexity index is 592. The zero-order valence-corrected chi connectivity index (χ0v) is 13.9. The van der Waals surface area contributed by atoms with E-state index >= 15 is 0 Å². The second-order valence-corrected chi connectivity index (χ2v) is 6.70. The number of carbonyl (C=O) groups excluding carboxylic acids is 2. The van der Waals surface area contributed by atoms with Gasteiger partial charge in [-0.2, -0.15) is 0 Å². The van der Waals surface area contributed by atoms with E-state index in [4.69, 9.17) is 5.73 Å². The molecule has 1 aliphatic heterocycles. The number of carbonyl (C=O) groups is 2. The van der Waals surface area contributed by atoms with Crippen molar-refractivity contribution < 1.29 is 9.59 Å². The molecule has 0 bridgehead atoms. The van der Waals surface area contributed by atoms with Crippen LogP contribution in [0.3, 0.4) is 0 Å². The van der Waals surface area contributed by atoms with Crippen LogP contribution in [0.2, 0.25) is 0 Å². The van der Waals surface area contributed by atoms with Crippen molar-refractivity contribution in [2.24, 2.45) is 5.92 Å². The van der Waals surface area contributed by atoms with Crippen LogP contribution in [0, 0.1) is 5.92 Å². The third-order valence-electron chi connectivity index (χ3n) is 5.03. The summed E-state index contributed by atoms with van der Waals surface area (Å²) < 4.78 is 0. The Labute approximate surface area is 142 Å². The molecule has 1 saturated heterocycles. The van der Waals surface area contributed by atoms with Gasteiger partial charge in [0.1, 0.15) is 0 Å². The first-order chi connectivity index (χ1) is 11.6. The van der Waals surface area contributed by atoms with Crippen molar-refractivity contribution in [3.8, 4) is 0 Å². The van der Waals surface area contributed by atoms with E-state index in [0.717, 1.165) is 12.8 Å². The van der Waals surface area contributed by atoms with Crippen LogP contribution >= 0.6 is 0 Å². The Balaban J connectivity index is 1.51. The number of anilines is 1. The SMILES string of the molecule is Nc1nccnc1C(=O)N1CCC(C(=O)NC2CCCCC2)CC1. The summed E-state index contributed by atoms with van der Waals surface area (Å²) >= 11 is 0. The van der Waals surface area contributed by atoms with Crippen LogP contribution in [-0.2, 0) is 4.79 Å². The summed E-state index contributed by atoms with van der Waals surface area (Å²) in [5.41, 5.74) is 5.92. The maximum atomic E-state index is 12.5. The molecule has 2 aliphatic rings. The number of piperidine rings is 1. The van der Waals surface area contributed by atoms with Crippen molar-refractivity contribution in [1.82, 2.24) is 20.2 Å². The number of rotatable bonds is 3. The number of aromatic nitrogens is 2. The highest BCUT2D eigenvalue weighted by atomic mass is 16.2. The van der Waals surface area contributed by atoms with Gasteiger partial charge >= 0.3 is 0 Å². The molecule has 1 aromatic rings. The van der Waals surface area contributed by atoms with E-state index in [9.17, 15) is 9.59 Å². The maximum Gasteiger partial charge on any atom is 0.276 e. The fourth-order valence-electron chi connectivity index (χ4n) is 3.57. The van der Waals surface area contributed by atoms with E-state index < -0.39 is 0 Å². The van der Waals surface area contributed by atoms with Crippen LogP contribution in [-0.4, -0.2) is 45.8 Å². The number of nitrogens with two attached hydrogens (primary N) is 1. The molecule has 2 heterocycles. The van der Waals surface area contributed by atoms with Crippen LogP contribution in [0.5, 0.6) is 0 Å². The minimum atomic E-state index is -0.202. The maximum absolute atomic E-state index is 12.5. The lowest BCUT2D eigenvalue weighted by atomic mass is 9.92. The average Bonchev–Trinajstić information content (AvgIpc) is 2.62. The van der Waals surface area contributed by atoms with E-state index in [1.807, 2.05) is 0 Å². The van der Waals surface area contributed by atoms with Gasteiger partial charge in [-0.1, -0.05) is 19.3 Å². The molecule has 1 aliphatic carbocycles. The summed E-state index contributed by atoms with van der Waals surface area (Å²) in [6, 6.07) is 0.338. The summed E-state index contributed by atoms with van der Waals surface area (Å²) in [6.45, 7) is 1.11. The van der Waals surface area contributed by atoms with Gasteiger partial charge < -0.3 is 16.0 Å². The molecule has 130 valence electrons. The second-order valence-electron chi connectivity index (χ2n) is 6.70. The van der Waals surface area contributed by atoms with Crippen LogP contribution in [0.15, 0.2) is 12.4 Å². The number of nitrogen functional groups attached to an aromatic ring is 1. The standard InChI is InChI=1S/C17H25N5O2/c18-15-14(19-8-9-20-15)17(24)22-10-6-12(7-11-22)16(23)21-13-4-2-1-3-5-13/h8-9,12-13H,1-7,10-11H2,(H2,18,20)(H,21,23). The van der Waals surface area contributed by atoms with Crippen molar-refractivity contribution in [3.05, 3.63) is 18.1 Å². The zero-order chi connectivity index (χ0) is 16.9. The van der Waals surface area contributed by atoms with Gasteiger partial charge in [0.15, 0.2) is 11.5 Å². The molecule has 0 unspecified atom stereocenters. The molecular formula is C17H25N5O2. The Morgan fingerprint density at radius 1 is 1.04 bits per heavy atom. The molecule has 0 radical (unpaired) electrons. The molecule has 0 spiro atoms. The summed E-state index contributed by atoms with van der Waals surface area (Å²) in [4.78, 5) is 34.5. The number of nitrogens with zero attached hydrogens (tertiary/aromatic N) is 3. The minimum absolute atomic E-state index is 0.00446. The molecular weight excluding hydrogens is 306 g/mol. The molecule has 2 amide bonds. The van der Waals surface area contributed by atoms with Crippen molar-refractivity contribution in [2.45, 2.75) is 51.0 Å². The topological polar surface area (TPSA) is 101 Å². The summed E-state index contributed by atoms with van der Waals surface area (Å²) in [5, 5.41) is 3.19. The predicted molar refractivity (Wildman–Crippen MR) is 90.1 cm³/mol. The highest BCUT2D eigenvalue weighted by Gasteiger charge is 2.30. The molecule has 1 aromatic heterocycles. The molecule has 0 aromatic carbocycles. The van der Waals surface area contributed by atoms with Gasteiger partial charge in [-0.3, -0.25) is 9.59 Å². The first-order valence-electron chi connectivity index (χ1n) is 8.81. The van der Waals surface area contributed by atoms with Crippen molar-refractivity contribution >= 4 is 17.6 Å².